The van der Waals surface area contributed by atoms with Crippen LogP contribution in [0.4, 0.5) is 11.4 Å². The van der Waals surface area contributed by atoms with Crippen molar-refractivity contribution in [1.82, 2.24) is 4.90 Å². The summed E-state index contributed by atoms with van der Waals surface area (Å²) in [5.41, 5.74) is -0.107. The average Bonchev–Trinajstić information content (AvgIpc) is 2.65. The number of hydrogen-bond acceptors (Lipinski definition) is 8. The maximum atomic E-state index is 12.8. The molecule has 0 radical (unpaired) electrons. The van der Waals surface area contributed by atoms with Gasteiger partial charge in [0.25, 0.3) is 11.6 Å². The van der Waals surface area contributed by atoms with Crippen molar-refractivity contribution in [3.63, 3.8) is 0 Å². The summed E-state index contributed by atoms with van der Waals surface area (Å²) < 4.78 is 4.63. The average molecular weight is 542 g/mol. The largest absolute Gasteiger partial charge is 0.369 e. The lowest BCUT2D eigenvalue weighted by atomic mass is 10.0. The van der Waals surface area contributed by atoms with Gasteiger partial charge in [-0.1, -0.05) is 31.9 Å². The summed E-state index contributed by atoms with van der Waals surface area (Å²) in [6.07, 6.45) is 0. The van der Waals surface area contributed by atoms with E-state index in [0.717, 1.165) is 6.07 Å². The van der Waals surface area contributed by atoms with Crippen LogP contribution in [0.15, 0.2) is 12.1 Å². The molecule has 1 amide bonds. The number of nitriles is 1. The van der Waals surface area contributed by atoms with E-state index in [1.54, 1.807) is 0 Å². The molecule has 0 aliphatic rings. The number of amides is 1. The van der Waals surface area contributed by atoms with Crippen LogP contribution in [-0.4, -0.2) is 69.5 Å². The monoisotopic (exact) mass is 540 g/mol. The van der Waals surface area contributed by atoms with E-state index in [4.69, 9.17) is 9.79 Å². The zero-order valence-corrected chi connectivity index (χ0v) is 19.0. The van der Waals surface area contributed by atoms with Crippen molar-refractivity contribution >= 4 is 57.7 Å². The van der Waals surface area contributed by atoms with E-state index in [-0.39, 0.29) is 24.3 Å². The molecule has 0 saturated heterocycles. The first-order valence-electron chi connectivity index (χ1n) is 7.92. The van der Waals surface area contributed by atoms with Crippen LogP contribution in [0.2, 0.25) is 0 Å². The molecule has 0 aliphatic carbocycles. The van der Waals surface area contributed by atoms with Crippen molar-refractivity contribution in [2.24, 2.45) is 0 Å². The number of nitro benzene ring substituents is 1. The van der Waals surface area contributed by atoms with Gasteiger partial charge in [0.1, 0.15) is 11.6 Å². The third kappa shape index (κ3) is 6.92. The molecule has 1 aromatic rings. The van der Waals surface area contributed by atoms with Crippen LogP contribution >= 0.6 is 40.5 Å². The number of alkyl halides is 2. The predicted octanol–water partition coefficient (Wildman–Crippen LogP) is 2.36. The molecule has 0 aliphatic heterocycles. The molecule has 0 aromatic heterocycles. The van der Waals surface area contributed by atoms with Crippen LogP contribution in [0.1, 0.15) is 15.9 Å². The summed E-state index contributed by atoms with van der Waals surface area (Å²) in [5, 5.41) is 22.1. The first-order chi connectivity index (χ1) is 13.3. The number of anilines is 1. The fraction of sp³-hybridized carbons (Fsp3) is 0.467. The van der Waals surface area contributed by atoms with Gasteiger partial charge in [0.2, 0.25) is 0 Å². The summed E-state index contributed by atoms with van der Waals surface area (Å²) in [7, 11) is -1.13. The van der Waals surface area contributed by atoms with Gasteiger partial charge in [-0.3, -0.25) is 14.9 Å². The second-order valence-electron chi connectivity index (χ2n) is 5.43. The second-order valence-corrected chi connectivity index (χ2v) is 7.78. The molecule has 2 N–H and O–H groups in total. The van der Waals surface area contributed by atoms with Crippen molar-refractivity contribution < 1.29 is 24.0 Å². The number of benzene rings is 1. The molecule has 154 valence electrons. The van der Waals surface area contributed by atoms with Gasteiger partial charge in [0, 0.05) is 43.4 Å². The standard InChI is InChI=1S/C15H19Br2N4O6P/c1-19(6-7-27-28(25)26)15(22)12-9-13(20(4-2-16)5-3-17)11(10-18)8-14(12)21(23)24/h8-9,25-26H,2-7H2,1H3. The van der Waals surface area contributed by atoms with Gasteiger partial charge in [-0.25, -0.2) is 0 Å². The lowest BCUT2D eigenvalue weighted by Crippen LogP contribution is -2.32. The van der Waals surface area contributed by atoms with E-state index >= 15 is 0 Å². The first-order valence-corrected chi connectivity index (χ1v) is 11.3. The topological polar surface area (TPSA) is 140 Å². The lowest BCUT2D eigenvalue weighted by Gasteiger charge is -2.25. The van der Waals surface area contributed by atoms with Crippen molar-refractivity contribution in [3.8, 4) is 6.07 Å². The van der Waals surface area contributed by atoms with Crippen molar-refractivity contribution in [2.75, 3.05) is 48.8 Å². The Kier molecular flexibility index (Phi) is 10.8. The highest BCUT2D eigenvalue weighted by Crippen LogP contribution is 2.31. The zero-order chi connectivity index (χ0) is 21.3. The molecule has 0 heterocycles. The smallest absolute Gasteiger partial charge is 0.327 e. The summed E-state index contributed by atoms with van der Waals surface area (Å²) in [4.78, 5) is 44.0. The third-order valence-corrected chi connectivity index (χ3v) is 4.81. The molecule has 0 spiro atoms. The Bertz CT molecular complexity index is 740. The van der Waals surface area contributed by atoms with Crippen LogP contribution in [-0.2, 0) is 4.52 Å². The molecular weight excluding hydrogens is 523 g/mol. The Balaban J connectivity index is 3.34. The fourth-order valence-corrected chi connectivity index (χ4v) is 3.47. The number of rotatable bonds is 11. The molecule has 28 heavy (non-hydrogen) atoms. The van der Waals surface area contributed by atoms with Crippen LogP contribution in [0.25, 0.3) is 0 Å². The van der Waals surface area contributed by atoms with Crippen LogP contribution in [0.5, 0.6) is 0 Å². The Hall–Kier alpha value is -1.35. The normalized spacial score (nSPS) is 10.6. The van der Waals surface area contributed by atoms with Gasteiger partial charge in [0.05, 0.1) is 22.8 Å². The number of halogens is 2. The molecule has 0 bridgehead atoms. The number of nitrogens with zero attached hydrogens (tertiary/aromatic N) is 4. The molecule has 1 rings (SSSR count). The summed E-state index contributed by atoms with van der Waals surface area (Å²) in [6.45, 7) is 0.923. The van der Waals surface area contributed by atoms with Crippen molar-refractivity contribution in [1.29, 1.82) is 5.26 Å². The molecule has 1 aromatic carbocycles. The zero-order valence-electron chi connectivity index (χ0n) is 14.9. The second kappa shape index (κ2) is 12.3. The highest BCUT2D eigenvalue weighted by molar-refractivity contribution is 9.09. The predicted molar refractivity (Wildman–Crippen MR) is 112 cm³/mol. The molecular formula is C15H19Br2N4O6P. The minimum absolute atomic E-state index is 0.00219. The molecule has 13 heteroatoms. The van der Waals surface area contributed by atoms with E-state index in [0.29, 0.717) is 29.4 Å². The van der Waals surface area contributed by atoms with E-state index in [2.05, 4.69) is 36.4 Å². The maximum absolute atomic E-state index is 12.8. The third-order valence-electron chi connectivity index (χ3n) is 3.69. The highest BCUT2D eigenvalue weighted by Gasteiger charge is 2.27. The van der Waals surface area contributed by atoms with Crippen LogP contribution in [0, 0.1) is 21.4 Å². The van der Waals surface area contributed by atoms with Crippen LogP contribution < -0.4 is 4.90 Å². The van der Waals surface area contributed by atoms with Gasteiger partial charge in [-0.05, 0) is 6.07 Å². The van der Waals surface area contributed by atoms with Gasteiger partial charge in [0.15, 0.2) is 0 Å². The molecule has 0 unspecified atom stereocenters. The Morgan fingerprint density at radius 2 is 1.93 bits per heavy atom. The van der Waals surface area contributed by atoms with E-state index in [1.165, 1.54) is 18.0 Å². The van der Waals surface area contributed by atoms with Crippen LogP contribution in [0.3, 0.4) is 0 Å². The summed E-state index contributed by atoms with van der Waals surface area (Å²) in [5.74, 6) is -0.640. The van der Waals surface area contributed by atoms with Crippen molar-refractivity contribution in [3.05, 3.63) is 33.4 Å². The lowest BCUT2D eigenvalue weighted by molar-refractivity contribution is -0.385. The van der Waals surface area contributed by atoms with E-state index in [1.807, 2.05) is 11.0 Å². The molecule has 0 saturated carbocycles. The highest BCUT2D eigenvalue weighted by atomic mass is 79.9. The summed E-state index contributed by atoms with van der Waals surface area (Å²) in [6, 6.07) is 4.41. The number of hydrogen-bond donors (Lipinski definition) is 2. The quantitative estimate of drug-likeness (QED) is 0.188. The number of carbonyl (C=O) groups is 1. The minimum Gasteiger partial charge on any atom is -0.369 e. The molecule has 0 atom stereocenters. The molecule has 10 nitrogen and oxygen atoms in total. The SMILES string of the molecule is CN(CCOP(O)O)C(=O)c1cc(N(CCBr)CCBr)c(C#N)cc1[N+](=O)[O-]. The van der Waals surface area contributed by atoms with Gasteiger partial charge >= 0.3 is 8.60 Å². The Morgan fingerprint density at radius 1 is 1.32 bits per heavy atom. The number of likely N-dealkylation sites (N-methyl/N-ethyl adjacent to an activating group) is 1. The Morgan fingerprint density at radius 3 is 2.39 bits per heavy atom. The maximum Gasteiger partial charge on any atom is 0.327 e. The van der Waals surface area contributed by atoms with Gasteiger partial charge < -0.3 is 24.1 Å². The van der Waals surface area contributed by atoms with Gasteiger partial charge in [-0.2, -0.15) is 5.26 Å². The number of carbonyl (C=O) groups excluding carboxylic acids is 1. The minimum atomic E-state index is -2.55. The number of nitro groups is 1. The van der Waals surface area contributed by atoms with E-state index < -0.39 is 25.1 Å². The first kappa shape index (κ1) is 24.7. The van der Waals surface area contributed by atoms with Crippen molar-refractivity contribution in [2.45, 2.75) is 0 Å². The van der Waals surface area contributed by atoms with Gasteiger partial charge in [-0.15, -0.1) is 0 Å². The molecule has 0 fully saturated rings. The summed E-state index contributed by atoms with van der Waals surface area (Å²) >= 11 is 6.67. The Labute approximate surface area is 180 Å². The van der Waals surface area contributed by atoms with E-state index in [9.17, 15) is 20.2 Å². The fourth-order valence-electron chi connectivity index (χ4n) is 2.37.